The molecule has 0 spiro atoms. The highest BCUT2D eigenvalue weighted by Gasteiger charge is 2.15. The molecule has 106 valence electrons. The molecule has 0 aromatic heterocycles. The molecule has 2 nitrogen and oxygen atoms in total. The molecule has 0 saturated carbocycles. The van der Waals surface area contributed by atoms with Crippen molar-refractivity contribution in [3.8, 4) is 5.75 Å². The van der Waals surface area contributed by atoms with Crippen LogP contribution >= 0.6 is 0 Å². The van der Waals surface area contributed by atoms with Gasteiger partial charge in [-0.2, -0.15) is 0 Å². The van der Waals surface area contributed by atoms with Crippen LogP contribution in [0.3, 0.4) is 0 Å². The van der Waals surface area contributed by atoms with Crippen molar-refractivity contribution in [2.45, 2.75) is 19.3 Å². The Kier molecular flexibility index (Phi) is 4.74. The lowest BCUT2D eigenvalue weighted by Gasteiger charge is -2.18. The molecule has 2 rings (SSSR count). The zero-order valence-corrected chi connectivity index (χ0v) is 11.9. The molecule has 1 unspecified atom stereocenters. The lowest BCUT2D eigenvalue weighted by Crippen LogP contribution is -2.09. The fourth-order valence-electron chi connectivity index (χ4n) is 2.44. The highest BCUT2D eigenvalue weighted by atomic mass is 19.1. The summed E-state index contributed by atoms with van der Waals surface area (Å²) in [6, 6.07) is 13.2. The normalized spacial score (nSPS) is 12.2. The number of methoxy groups -OCH3 is 1. The number of rotatable bonds is 5. The van der Waals surface area contributed by atoms with E-state index in [4.69, 9.17) is 10.5 Å². The van der Waals surface area contributed by atoms with Gasteiger partial charge in [0.15, 0.2) is 0 Å². The van der Waals surface area contributed by atoms with Gasteiger partial charge in [0.1, 0.15) is 11.6 Å². The topological polar surface area (TPSA) is 35.2 Å². The van der Waals surface area contributed by atoms with Gasteiger partial charge in [0.25, 0.3) is 0 Å². The molecule has 0 aliphatic heterocycles. The van der Waals surface area contributed by atoms with Crippen molar-refractivity contribution in [3.05, 3.63) is 65.0 Å². The standard InChI is InChI=1S/C17H20FNO/c1-12-10-14(6-7-17(12)18)16(8-9-19)13-4-3-5-15(11-13)20-2/h3-7,10-11,16H,8-9,19H2,1-2H3. The molecule has 0 aliphatic carbocycles. The number of aryl methyl sites for hydroxylation is 1. The first-order valence-electron chi connectivity index (χ1n) is 6.75. The maximum atomic E-state index is 13.4. The smallest absolute Gasteiger partial charge is 0.126 e. The van der Waals surface area contributed by atoms with Gasteiger partial charge >= 0.3 is 0 Å². The fourth-order valence-corrected chi connectivity index (χ4v) is 2.44. The van der Waals surface area contributed by atoms with Gasteiger partial charge in [-0.05, 0) is 54.8 Å². The van der Waals surface area contributed by atoms with E-state index >= 15 is 0 Å². The Morgan fingerprint density at radius 1 is 1.15 bits per heavy atom. The molecule has 20 heavy (non-hydrogen) atoms. The second kappa shape index (κ2) is 6.53. The zero-order valence-electron chi connectivity index (χ0n) is 11.9. The predicted octanol–water partition coefficient (Wildman–Crippen LogP) is 3.62. The zero-order chi connectivity index (χ0) is 14.5. The van der Waals surface area contributed by atoms with Crippen molar-refractivity contribution in [3.63, 3.8) is 0 Å². The SMILES string of the molecule is COc1cccc(C(CCN)c2ccc(F)c(C)c2)c1. The van der Waals surface area contributed by atoms with E-state index in [-0.39, 0.29) is 11.7 Å². The minimum atomic E-state index is -0.175. The average molecular weight is 273 g/mol. The first-order chi connectivity index (χ1) is 9.65. The van der Waals surface area contributed by atoms with Gasteiger partial charge in [0.05, 0.1) is 7.11 Å². The maximum absolute atomic E-state index is 13.4. The third-order valence-corrected chi connectivity index (χ3v) is 3.54. The minimum absolute atomic E-state index is 0.161. The Morgan fingerprint density at radius 3 is 2.55 bits per heavy atom. The van der Waals surface area contributed by atoms with Crippen LogP contribution in [0, 0.1) is 12.7 Å². The first kappa shape index (κ1) is 14.5. The Balaban J connectivity index is 2.41. The van der Waals surface area contributed by atoms with Crippen molar-refractivity contribution in [2.75, 3.05) is 13.7 Å². The summed E-state index contributed by atoms with van der Waals surface area (Å²) in [4.78, 5) is 0. The van der Waals surface area contributed by atoms with Crippen molar-refractivity contribution >= 4 is 0 Å². The van der Waals surface area contributed by atoms with Crippen LogP contribution in [-0.2, 0) is 0 Å². The lowest BCUT2D eigenvalue weighted by atomic mass is 9.87. The molecule has 0 saturated heterocycles. The van der Waals surface area contributed by atoms with E-state index in [2.05, 4.69) is 6.07 Å². The van der Waals surface area contributed by atoms with Crippen LogP contribution in [0.15, 0.2) is 42.5 Å². The number of nitrogens with two attached hydrogens (primary N) is 1. The largest absolute Gasteiger partial charge is 0.497 e. The van der Waals surface area contributed by atoms with E-state index in [1.807, 2.05) is 30.3 Å². The number of hydrogen-bond donors (Lipinski definition) is 1. The van der Waals surface area contributed by atoms with E-state index in [1.165, 1.54) is 6.07 Å². The number of hydrogen-bond acceptors (Lipinski definition) is 2. The number of halogens is 1. The molecule has 3 heteroatoms. The second-order valence-corrected chi connectivity index (χ2v) is 4.92. The van der Waals surface area contributed by atoms with Gasteiger partial charge in [-0.1, -0.05) is 24.3 Å². The van der Waals surface area contributed by atoms with Gasteiger partial charge in [-0.3, -0.25) is 0 Å². The van der Waals surface area contributed by atoms with Crippen LogP contribution in [-0.4, -0.2) is 13.7 Å². The molecule has 0 radical (unpaired) electrons. The molecule has 0 amide bonds. The van der Waals surface area contributed by atoms with E-state index in [9.17, 15) is 4.39 Å². The summed E-state index contributed by atoms with van der Waals surface area (Å²) in [5.74, 6) is 0.809. The number of ether oxygens (including phenoxy) is 1. The quantitative estimate of drug-likeness (QED) is 0.903. The van der Waals surface area contributed by atoms with Gasteiger partial charge in [-0.15, -0.1) is 0 Å². The van der Waals surface area contributed by atoms with Crippen LogP contribution in [0.2, 0.25) is 0 Å². The van der Waals surface area contributed by atoms with E-state index in [0.717, 1.165) is 23.3 Å². The van der Waals surface area contributed by atoms with E-state index in [0.29, 0.717) is 12.1 Å². The molecule has 2 N–H and O–H groups in total. The molecule has 0 bridgehead atoms. The minimum Gasteiger partial charge on any atom is -0.497 e. The van der Waals surface area contributed by atoms with Crippen molar-refractivity contribution in [2.24, 2.45) is 5.73 Å². The summed E-state index contributed by atoms with van der Waals surface area (Å²) in [6.07, 6.45) is 0.818. The highest BCUT2D eigenvalue weighted by molar-refractivity contribution is 5.38. The highest BCUT2D eigenvalue weighted by Crippen LogP contribution is 2.30. The molecule has 0 fully saturated rings. The Bertz CT molecular complexity index is 583. The van der Waals surface area contributed by atoms with Crippen LogP contribution in [0.1, 0.15) is 29.0 Å². The summed E-state index contributed by atoms with van der Waals surface area (Å²) < 4.78 is 18.7. The van der Waals surface area contributed by atoms with Gasteiger partial charge in [0.2, 0.25) is 0 Å². The summed E-state index contributed by atoms with van der Waals surface area (Å²) in [6.45, 7) is 2.36. The van der Waals surface area contributed by atoms with Gasteiger partial charge < -0.3 is 10.5 Å². The van der Waals surface area contributed by atoms with E-state index in [1.54, 1.807) is 14.0 Å². The molecule has 0 aliphatic rings. The first-order valence-corrected chi connectivity index (χ1v) is 6.75. The number of benzene rings is 2. The van der Waals surface area contributed by atoms with Crippen molar-refractivity contribution in [1.82, 2.24) is 0 Å². The van der Waals surface area contributed by atoms with E-state index < -0.39 is 0 Å². The predicted molar refractivity (Wildman–Crippen MR) is 79.6 cm³/mol. The fraction of sp³-hybridized carbons (Fsp3) is 0.294. The summed E-state index contributed by atoms with van der Waals surface area (Å²) >= 11 is 0. The van der Waals surface area contributed by atoms with Crippen molar-refractivity contribution in [1.29, 1.82) is 0 Å². The molecular formula is C17H20FNO. The summed E-state index contributed by atoms with van der Waals surface area (Å²) in [5, 5.41) is 0. The van der Waals surface area contributed by atoms with Crippen LogP contribution in [0.4, 0.5) is 4.39 Å². The van der Waals surface area contributed by atoms with Crippen molar-refractivity contribution < 1.29 is 9.13 Å². The molecule has 2 aromatic rings. The van der Waals surface area contributed by atoms with Crippen LogP contribution < -0.4 is 10.5 Å². The maximum Gasteiger partial charge on any atom is 0.126 e. The molecule has 1 atom stereocenters. The Morgan fingerprint density at radius 2 is 1.90 bits per heavy atom. The Labute approximate surface area is 119 Å². The third kappa shape index (κ3) is 3.17. The summed E-state index contributed by atoms with van der Waals surface area (Å²) in [5.41, 5.74) is 8.62. The van der Waals surface area contributed by atoms with Crippen LogP contribution in [0.5, 0.6) is 5.75 Å². The summed E-state index contributed by atoms with van der Waals surface area (Å²) in [7, 11) is 1.65. The van der Waals surface area contributed by atoms with Gasteiger partial charge in [0, 0.05) is 5.92 Å². The van der Waals surface area contributed by atoms with Crippen LogP contribution in [0.25, 0.3) is 0 Å². The monoisotopic (exact) mass is 273 g/mol. The Hall–Kier alpha value is -1.87. The molecule has 0 heterocycles. The lowest BCUT2D eigenvalue weighted by molar-refractivity contribution is 0.414. The molecular weight excluding hydrogens is 253 g/mol. The third-order valence-electron chi connectivity index (χ3n) is 3.54. The second-order valence-electron chi connectivity index (χ2n) is 4.92. The average Bonchev–Trinajstić information content (AvgIpc) is 2.48. The molecule has 2 aromatic carbocycles. The van der Waals surface area contributed by atoms with Gasteiger partial charge in [-0.25, -0.2) is 4.39 Å².